The van der Waals surface area contributed by atoms with Crippen molar-refractivity contribution in [2.75, 3.05) is 39.3 Å². The molecule has 0 saturated heterocycles. The van der Waals surface area contributed by atoms with Gasteiger partial charge in [-0.15, -0.1) is 0 Å². The summed E-state index contributed by atoms with van der Waals surface area (Å²) in [6, 6.07) is -2.38. The summed E-state index contributed by atoms with van der Waals surface area (Å²) in [5.41, 5.74) is 11.0. The van der Waals surface area contributed by atoms with Crippen molar-refractivity contribution in [3.63, 3.8) is 0 Å². The van der Waals surface area contributed by atoms with Crippen LogP contribution < -0.4 is 43.4 Å². The Morgan fingerprint density at radius 3 is 1.68 bits per heavy atom. The summed E-state index contributed by atoms with van der Waals surface area (Å²) in [6.07, 6.45) is 3.97. The third-order valence-electron chi connectivity index (χ3n) is 5.28. The van der Waals surface area contributed by atoms with Crippen molar-refractivity contribution in [1.82, 2.24) is 31.9 Å². The maximum Gasteiger partial charge on any atom is 0.245 e. The van der Waals surface area contributed by atoms with Crippen LogP contribution >= 0.6 is 0 Å². The molecule has 0 bridgehead atoms. The van der Waals surface area contributed by atoms with Crippen LogP contribution in [-0.4, -0.2) is 98.0 Å². The minimum absolute atomic E-state index is 0.130. The lowest BCUT2D eigenvalue weighted by atomic mass is 10.1. The van der Waals surface area contributed by atoms with Crippen molar-refractivity contribution in [1.29, 1.82) is 0 Å². The molecule has 0 fully saturated rings. The number of nitrogens with one attached hydrogen (secondary N) is 6. The molecule has 0 aliphatic rings. The van der Waals surface area contributed by atoms with E-state index in [4.69, 9.17) is 11.5 Å². The number of nitrogens with two attached hydrogens (primary N) is 2. The monoisotopic (exact) mass is 544 g/mol. The van der Waals surface area contributed by atoms with Crippen molar-refractivity contribution in [3.8, 4) is 0 Å². The van der Waals surface area contributed by atoms with Crippen molar-refractivity contribution < 1.29 is 33.9 Å². The highest BCUT2D eigenvalue weighted by atomic mass is 16.3. The minimum Gasteiger partial charge on any atom is -0.394 e. The number of hydrogen-bond acceptors (Lipinski definition) is 9. The third-order valence-corrected chi connectivity index (χ3v) is 5.28. The second-order valence-electron chi connectivity index (χ2n) is 8.81. The molecule has 0 aliphatic carbocycles. The first-order valence-electron chi connectivity index (χ1n) is 12.7. The van der Waals surface area contributed by atoms with Gasteiger partial charge in [0, 0.05) is 13.0 Å². The van der Waals surface area contributed by atoms with E-state index in [1.165, 1.54) is 6.92 Å². The molecule has 218 valence electrons. The lowest BCUT2D eigenvalue weighted by Crippen LogP contribution is -2.56. The molecular weight excluding hydrogens is 500 g/mol. The molecule has 6 amide bonds. The zero-order valence-electron chi connectivity index (χ0n) is 22.3. The van der Waals surface area contributed by atoms with Crippen LogP contribution in [0.5, 0.6) is 0 Å². The van der Waals surface area contributed by atoms with Crippen molar-refractivity contribution >= 4 is 35.4 Å². The lowest BCUT2D eigenvalue weighted by Gasteiger charge is -2.24. The predicted molar refractivity (Wildman–Crippen MR) is 139 cm³/mol. The van der Waals surface area contributed by atoms with Gasteiger partial charge < -0.3 is 48.5 Å². The van der Waals surface area contributed by atoms with Crippen LogP contribution in [-0.2, 0) is 28.8 Å². The topological polar surface area (TPSA) is 247 Å². The standard InChI is InChI=1S/C23H44N8O7/c1-15(7-3-5-9-24)29-22(37)17(8-4-6-10-25)31-23(38)18(14-32)30-21(36)13-28-20(35)12-27-19(34)11-26-16(2)33/h15,17-18,32H,3-14,24-25H2,1-2H3,(H,26,33)(H,27,34)(H,28,35)(H,29,37)(H,30,36)(H,31,38)/t15-,17-,18+/m0/s1. The summed E-state index contributed by atoms with van der Waals surface area (Å²) in [7, 11) is 0. The number of amides is 6. The van der Waals surface area contributed by atoms with E-state index >= 15 is 0 Å². The van der Waals surface area contributed by atoms with Gasteiger partial charge in [0.25, 0.3) is 0 Å². The quantitative estimate of drug-likeness (QED) is 0.0678. The van der Waals surface area contributed by atoms with Crippen LogP contribution in [0.2, 0.25) is 0 Å². The summed E-state index contributed by atoms with van der Waals surface area (Å²) in [5, 5.41) is 24.1. The first kappa shape index (κ1) is 34.7. The molecular formula is C23H44N8O7. The van der Waals surface area contributed by atoms with Gasteiger partial charge in [-0.2, -0.15) is 0 Å². The molecule has 0 heterocycles. The molecule has 0 aromatic heterocycles. The number of carbonyl (C=O) groups is 6. The SMILES string of the molecule is CC(=O)NCC(=O)NCC(=O)NCC(=O)N[C@H](CO)C(=O)N[C@@H](CCCCN)C(=O)N[C@@H](C)CCCCN. The average Bonchev–Trinajstić information content (AvgIpc) is 2.87. The molecule has 0 aromatic rings. The van der Waals surface area contributed by atoms with E-state index in [9.17, 15) is 33.9 Å². The molecule has 11 N–H and O–H groups in total. The Hall–Kier alpha value is -3.30. The molecule has 0 aromatic carbocycles. The molecule has 0 rings (SSSR count). The van der Waals surface area contributed by atoms with E-state index in [0.717, 1.165) is 19.3 Å². The molecule has 0 radical (unpaired) electrons. The van der Waals surface area contributed by atoms with E-state index in [1.54, 1.807) is 0 Å². The van der Waals surface area contributed by atoms with Gasteiger partial charge in [0.2, 0.25) is 35.4 Å². The van der Waals surface area contributed by atoms with Crippen LogP contribution in [0.15, 0.2) is 0 Å². The number of rotatable bonds is 20. The Kier molecular flexibility index (Phi) is 18.9. The molecule has 15 nitrogen and oxygen atoms in total. The lowest BCUT2D eigenvalue weighted by molar-refractivity contribution is -0.133. The maximum atomic E-state index is 12.8. The van der Waals surface area contributed by atoms with Crippen LogP contribution in [0.25, 0.3) is 0 Å². The summed E-state index contributed by atoms with van der Waals surface area (Å²) >= 11 is 0. The van der Waals surface area contributed by atoms with E-state index in [1.807, 2.05) is 6.92 Å². The zero-order chi connectivity index (χ0) is 28.9. The van der Waals surface area contributed by atoms with Crippen molar-refractivity contribution in [3.05, 3.63) is 0 Å². The second-order valence-corrected chi connectivity index (χ2v) is 8.81. The van der Waals surface area contributed by atoms with Crippen molar-refractivity contribution in [2.24, 2.45) is 11.5 Å². The number of hydrogen-bond donors (Lipinski definition) is 9. The molecule has 0 spiro atoms. The fraction of sp³-hybridized carbons (Fsp3) is 0.739. The molecule has 38 heavy (non-hydrogen) atoms. The van der Waals surface area contributed by atoms with Gasteiger partial charge in [0.15, 0.2) is 0 Å². The van der Waals surface area contributed by atoms with Crippen LogP contribution in [0.3, 0.4) is 0 Å². The highest BCUT2D eigenvalue weighted by Gasteiger charge is 2.27. The molecule has 15 heteroatoms. The van der Waals surface area contributed by atoms with Gasteiger partial charge in [-0.3, -0.25) is 28.8 Å². The van der Waals surface area contributed by atoms with Gasteiger partial charge in [0.05, 0.1) is 26.2 Å². The average molecular weight is 545 g/mol. The van der Waals surface area contributed by atoms with Gasteiger partial charge in [-0.25, -0.2) is 0 Å². The summed E-state index contributed by atoms with van der Waals surface area (Å²) in [5.74, 6) is -3.59. The molecule has 0 unspecified atom stereocenters. The van der Waals surface area contributed by atoms with Gasteiger partial charge in [-0.1, -0.05) is 6.42 Å². The molecule has 3 atom stereocenters. The van der Waals surface area contributed by atoms with Crippen LogP contribution in [0.4, 0.5) is 0 Å². The van der Waals surface area contributed by atoms with Gasteiger partial charge in [-0.05, 0) is 52.1 Å². The largest absolute Gasteiger partial charge is 0.394 e. The van der Waals surface area contributed by atoms with Gasteiger partial charge in [0.1, 0.15) is 12.1 Å². The first-order chi connectivity index (χ1) is 18.0. The molecule has 0 aliphatic heterocycles. The highest BCUT2D eigenvalue weighted by Crippen LogP contribution is 2.05. The Bertz CT molecular complexity index is 781. The first-order valence-corrected chi connectivity index (χ1v) is 12.7. The maximum absolute atomic E-state index is 12.8. The number of aliphatic hydroxyl groups is 1. The Morgan fingerprint density at radius 2 is 1.16 bits per heavy atom. The predicted octanol–water partition coefficient (Wildman–Crippen LogP) is -3.92. The smallest absolute Gasteiger partial charge is 0.245 e. The minimum atomic E-state index is -1.36. The summed E-state index contributed by atoms with van der Waals surface area (Å²) < 4.78 is 0. The Morgan fingerprint density at radius 1 is 0.658 bits per heavy atom. The number of aliphatic hydroxyl groups excluding tert-OH is 1. The molecule has 0 saturated carbocycles. The van der Waals surface area contributed by atoms with Crippen LogP contribution in [0.1, 0.15) is 52.4 Å². The normalized spacial score (nSPS) is 12.9. The summed E-state index contributed by atoms with van der Waals surface area (Å²) in [4.78, 5) is 71.8. The van der Waals surface area contributed by atoms with E-state index in [-0.39, 0.29) is 18.5 Å². The van der Waals surface area contributed by atoms with E-state index in [2.05, 4.69) is 31.9 Å². The number of carbonyl (C=O) groups excluding carboxylic acids is 6. The Balaban J connectivity index is 4.78. The Labute approximate surface area is 223 Å². The third kappa shape index (κ3) is 17.2. The zero-order valence-corrected chi connectivity index (χ0v) is 22.3. The van der Waals surface area contributed by atoms with Crippen molar-refractivity contribution in [2.45, 2.75) is 70.5 Å². The fourth-order valence-electron chi connectivity index (χ4n) is 3.17. The highest BCUT2D eigenvalue weighted by molar-refractivity contribution is 5.94. The summed E-state index contributed by atoms with van der Waals surface area (Å²) in [6.45, 7) is 2.09. The van der Waals surface area contributed by atoms with Gasteiger partial charge >= 0.3 is 0 Å². The fourth-order valence-corrected chi connectivity index (χ4v) is 3.17. The second kappa shape index (κ2) is 20.7. The van der Waals surface area contributed by atoms with E-state index in [0.29, 0.717) is 32.4 Å². The van der Waals surface area contributed by atoms with E-state index < -0.39 is 61.3 Å². The number of unbranched alkanes of at least 4 members (excludes halogenated alkanes) is 2. The van der Waals surface area contributed by atoms with Crippen LogP contribution in [0, 0.1) is 0 Å².